The average Bonchev–Trinajstić information content (AvgIpc) is 3.12. The molecule has 1 aliphatic heterocycles. The van der Waals surface area contributed by atoms with E-state index in [-0.39, 0.29) is 17.3 Å². The largest absolute Gasteiger partial charge is 0.444 e. The molecule has 1 amide bonds. The average molecular weight is 506 g/mol. The molecule has 0 aliphatic carbocycles. The Morgan fingerprint density at radius 3 is 2.73 bits per heavy atom. The Bertz CT molecular complexity index is 1190. The van der Waals surface area contributed by atoms with E-state index in [1.807, 2.05) is 52.0 Å². The lowest BCUT2D eigenvalue weighted by Gasteiger charge is -2.38. The molecule has 3 aromatic rings. The number of hydrogen-bond donors (Lipinski definition) is 1. The summed E-state index contributed by atoms with van der Waals surface area (Å²) in [4.78, 5) is 24.6. The Morgan fingerprint density at radius 1 is 1.27 bits per heavy atom. The molecule has 9 heteroatoms. The SMILES string of the molecule is Cc1sc(C(O)c2cncnc2Cl)cc1[C@H]1c2cc(Cl)ccc2CCN1C(=O)OC(C)(C)C. The molecule has 2 aromatic heterocycles. The van der Waals surface area contributed by atoms with Gasteiger partial charge in [0, 0.05) is 33.1 Å². The molecule has 0 radical (unpaired) electrons. The first-order valence-corrected chi connectivity index (χ1v) is 12.1. The summed E-state index contributed by atoms with van der Waals surface area (Å²) in [5.74, 6) is 0. The van der Waals surface area contributed by atoms with Crippen molar-refractivity contribution in [3.05, 3.63) is 79.0 Å². The summed E-state index contributed by atoms with van der Waals surface area (Å²) in [5, 5.41) is 11.8. The van der Waals surface area contributed by atoms with E-state index >= 15 is 0 Å². The van der Waals surface area contributed by atoms with Crippen molar-refractivity contribution < 1.29 is 14.6 Å². The van der Waals surface area contributed by atoms with E-state index in [9.17, 15) is 9.90 Å². The quantitative estimate of drug-likeness (QED) is 0.434. The minimum atomic E-state index is -0.978. The van der Waals surface area contributed by atoms with Gasteiger partial charge in [-0.05, 0) is 69.0 Å². The standard InChI is InChI=1S/C24H25Cl2N3O3S/c1-13-16(10-19(33-13)21(30)18-11-27-12-28-22(18)26)20-17-9-15(25)6-5-14(17)7-8-29(20)23(31)32-24(2,3)4/h5-6,9-12,20-21,30H,7-8H2,1-4H3/t20-,21?/m0/s1. The summed E-state index contributed by atoms with van der Waals surface area (Å²) in [7, 11) is 0. The second kappa shape index (κ2) is 9.22. The summed E-state index contributed by atoms with van der Waals surface area (Å²) in [6.45, 7) is 8.05. The first-order chi connectivity index (χ1) is 15.5. The number of hydrogen-bond acceptors (Lipinski definition) is 6. The highest BCUT2D eigenvalue weighted by molar-refractivity contribution is 7.12. The number of fused-ring (bicyclic) bond motifs is 1. The molecule has 0 bridgehead atoms. The van der Waals surface area contributed by atoms with Crippen molar-refractivity contribution in [1.29, 1.82) is 0 Å². The molecule has 4 rings (SSSR count). The van der Waals surface area contributed by atoms with Crippen molar-refractivity contribution in [2.24, 2.45) is 0 Å². The fourth-order valence-corrected chi connectivity index (χ4v) is 5.47. The molecule has 1 N–H and O–H groups in total. The molecule has 2 atom stereocenters. The molecule has 0 fully saturated rings. The molecule has 174 valence electrons. The van der Waals surface area contributed by atoms with Crippen LogP contribution in [-0.4, -0.2) is 38.2 Å². The Morgan fingerprint density at radius 2 is 2.03 bits per heavy atom. The number of aromatic nitrogens is 2. The van der Waals surface area contributed by atoms with Crippen LogP contribution in [0, 0.1) is 6.92 Å². The summed E-state index contributed by atoms with van der Waals surface area (Å²) < 4.78 is 5.73. The summed E-state index contributed by atoms with van der Waals surface area (Å²) in [6.07, 6.45) is 2.19. The molecule has 0 saturated heterocycles. The van der Waals surface area contributed by atoms with E-state index in [0.717, 1.165) is 21.6 Å². The predicted molar refractivity (Wildman–Crippen MR) is 130 cm³/mol. The van der Waals surface area contributed by atoms with Gasteiger partial charge in [-0.3, -0.25) is 4.90 Å². The van der Waals surface area contributed by atoms with Gasteiger partial charge in [-0.15, -0.1) is 11.3 Å². The Balaban J connectivity index is 1.79. The van der Waals surface area contributed by atoms with E-state index in [0.29, 0.717) is 28.4 Å². The van der Waals surface area contributed by atoms with Crippen molar-refractivity contribution in [1.82, 2.24) is 14.9 Å². The second-order valence-corrected chi connectivity index (χ2v) is 11.1. The normalized spacial score (nSPS) is 16.9. The monoisotopic (exact) mass is 505 g/mol. The van der Waals surface area contributed by atoms with E-state index in [4.69, 9.17) is 27.9 Å². The van der Waals surface area contributed by atoms with Gasteiger partial charge < -0.3 is 9.84 Å². The fourth-order valence-electron chi connectivity index (χ4n) is 4.03. The van der Waals surface area contributed by atoms with Crippen molar-refractivity contribution in [2.45, 2.75) is 51.9 Å². The topological polar surface area (TPSA) is 75.6 Å². The maximum atomic E-state index is 13.2. The second-order valence-electron chi connectivity index (χ2n) is 9.00. The Labute approximate surface area is 207 Å². The summed E-state index contributed by atoms with van der Waals surface area (Å²) in [5.41, 5.74) is 2.82. The van der Waals surface area contributed by atoms with Crippen LogP contribution in [0.2, 0.25) is 10.2 Å². The van der Waals surface area contributed by atoms with Crippen LogP contribution in [0.5, 0.6) is 0 Å². The van der Waals surface area contributed by atoms with Crippen LogP contribution in [0.3, 0.4) is 0 Å². The molecule has 6 nitrogen and oxygen atoms in total. The van der Waals surface area contributed by atoms with Crippen LogP contribution < -0.4 is 0 Å². The van der Waals surface area contributed by atoms with Gasteiger partial charge in [0.1, 0.15) is 23.2 Å². The number of carbonyl (C=O) groups excluding carboxylic acids is 1. The molecule has 1 aliphatic rings. The summed E-state index contributed by atoms with van der Waals surface area (Å²) >= 11 is 14.0. The maximum absolute atomic E-state index is 13.2. The number of benzene rings is 1. The predicted octanol–water partition coefficient (Wildman–Crippen LogP) is 6.12. The first-order valence-electron chi connectivity index (χ1n) is 10.6. The van der Waals surface area contributed by atoms with Crippen molar-refractivity contribution in [2.75, 3.05) is 6.54 Å². The number of amides is 1. The van der Waals surface area contributed by atoms with Crippen LogP contribution in [0.15, 0.2) is 36.8 Å². The Hall–Kier alpha value is -2.19. The number of aliphatic hydroxyl groups is 1. The molecule has 33 heavy (non-hydrogen) atoms. The van der Waals surface area contributed by atoms with Crippen LogP contribution in [0.25, 0.3) is 0 Å². The zero-order valence-corrected chi connectivity index (χ0v) is 21.1. The van der Waals surface area contributed by atoms with Crippen molar-refractivity contribution in [3.63, 3.8) is 0 Å². The molecule has 0 spiro atoms. The number of aryl methyl sites for hydroxylation is 1. The lowest BCUT2D eigenvalue weighted by atomic mass is 9.88. The van der Waals surface area contributed by atoms with Crippen molar-refractivity contribution >= 4 is 40.6 Å². The van der Waals surface area contributed by atoms with Gasteiger partial charge in [0.05, 0.1) is 6.04 Å². The lowest BCUT2D eigenvalue weighted by molar-refractivity contribution is 0.0178. The number of ether oxygens (including phenoxy) is 1. The van der Waals surface area contributed by atoms with E-state index < -0.39 is 11.7 Å². The third kappa shape index (κ3) is 5.01. The van der Waals surface area contributed by atoms with Gasteiger partial charge in [0.15, 0.2) is 0 Å². The third-order valence-electron chi connectivity index (χ3n) is 5.49. The first kappa shape index (κ1) is 24.0. The smallest absolute Gasteiger partial charge is 0.411 e. The van der Waals surface area contributed by atoms with Gasteiger partial charge in [-0.1, -0.05) is 29.3 Å². The number of aliphatic hydroxyl groups excluding tert-OH is 1. The minimum absolute atomic E-state index is 0.204. The van der Waals surface area contributed by atoms with E-state index in [1.54, 1.807) is 4.90 Å². The van der Waals surface area contributed by atoms with Crippen LogP contribution in [0.1, 0.15) is 64.9 Å². The Kier molecular flexibility index (Phi) is 6.69. The number of rotatable bonds is 3. The highest BCUT2D eigenvalue weighted by Gasteiger charge is 2.36. The number of thiophene rings is 1. The fraction of sp³-hybridized carbons (Fsp3) is 0.375. The zero-order chi connectivity index (χ0) is 23.9. The third-order valence-corrected chi connectivity index (χ3v) is 7.16. The van der Waals surface area contributed by atoms with Gasteiger partial charge in [-0.2, -0.15) is 0 Å². The van der Waals surface area contributed by atoms with Crippen LogP contribution in [-0.2, 0) is 11.2 Å². The van der Waals surface area contributed by atoms with Crippen LogP contribution in [0.4, 0.5) is 4.79 Å². The van der Waals surface area contributed by atoms with Gasteiger partial charge in [-0.25, -0.2) is 14.8 Å². The van der Waals surface area contributed by atoms with Crippen molar-refractivity contribution in [3.8, 4) is 0 Å². The number of halogens is 2. The van der Waals surface area contributed by atoms with E-state index in [1.165, 1.54) is 23.9 Å². The zero-order valence-electron chi connectivity index (χ0n) is 18.8. The van der Waals surface area contributed by atoms with Gasteiger partial charge >= 0.3 is 6.09 Å². The molecular formula is C24H25Cl2N3O3S. The van der Waals surface area contributed by atoms with E-state index in [2.05, 4.69) is 9.97 Å². The van der Waals surface area contributed by atoms with Gasteiger partial charge in [0.25, 0.3) is 0 Å². The highest BCUT2D eigenvalue weighted by atomic mass is 35.5. The maximum Gasteiger partial charge on any atom is 0.411 e. The molecule has 1 unspecified atom stereocenters. The van der Waals surface area contributed by atoms with Gasteiger partial charge in [0.2, 0.25) is 0 Å². The molecular weight excluding hydrogens is 481 g/mol. The minimum Gasteiger partial charge on any atom is -0.444 e. The molecule has 3 heterocycles. The molecule has 0 saturated carbocycles. The van der Waals surface area contributed by atoms with Crippen LogP contribution >= 0.6 is 34.5 Å². The number of carbonyl (C=O) groups is 1. The lowest BCUT2D eigenvalue weighted by Crippen LogP contribution is -2.43. The number of nitrogens with zero attached hydrogens (tertiary/aromatic N) is 3. The highest BCUT2D eigenvalue weighted by Crippen LogP contribution is 2.43. The molecule has 1 aromatic carbocycles. The summed E-state index contributed by atoms with van der Waals surface area (Å²) in [6, 6.07) is 7.32.